The molecule has 0 spiro atoms. The van der Waals surface area contributed by atoms with Crippen LogP contribution in [0.5, 0.6) is 0 Å². The Morgan fingerprint density at radius 3 is 1.88 bits per heavy atom. The van der Waals surface area contributed by atoms with Crippen LogP contribution >= 0.6 is 0 Å². The minimum Gasteiger partial charge on any atom is -0.352 e. The molecule has 0 radical (unpaired) electrons. The Balaban J connectivity index is 3.17. The quantitative estimate of drug-likeness (QED) is 0.281. The van der Waals surface area contributed by atoms with Gasteiger partial charge in [-0.3, -0.25) is 0 Å². The molecule has 0 N–H and O–H groups in total. The number of rotatable bonds is 12. The van der Waals surface area contributed by atoms with Gasteiger partial charge >= 0.3 is 0 Å². The first-order valence-corrected chi connectivity index (χ1v) is 7.07. The van der Waals surface area contributed by atoms with Gasteiger partial charge in [-0.1, -0.05) is 57.9 Å². The maximum atomic E-state index is 5.07. The molecule has 0 saturated carbocycles. The zero-order valence-corrected chi connectivity index (χ0v) is 11.9. The van der Waals surface area contributed by atoms with E-state index in [1.807, 2.05) is 6.08 Å². The normalized spacial score (nSPS) is 11.8. The number of hydrogen-bond acceptors (Lipinski definition) is 2. The Hall–Kier alpha value is -0.340. The molecule has 0 aromatic rings. The molecule has 17 heavy (non-hydrogen) atoms. The van der Waals surface area contributed by atoms with E-state index in [-0.39, 0.29) is 6.29 Å². The Morgan fingerprint density at radius 1 is 0.824 bits per heavy atom. The van der Waals surface area contributed by atoms with Crippen LogP contribution in [0, 0.1) is 0 Å². The van der Waals surface area contributed by atoms with Crippen molar-refractivity contribution in [2.45, 2.75) is 71.0 Å². The fourth-order valence-corrected chi connectivity index (χ4v) is 1.86. The zero-order valence-electron chi connectivity index (χ0n) is 11.9. The summed E-state index contributed by atoms with van der Waals surface area (Å²) >= 11 is 0. The summed E-state index contributed by atoms with van der Waals surface area (Å²) in [5.74, 6) is 0. The summed E-state index contributed by atoms with van der Waals surface area (Å²) in [4.78, 5) is 0. The molecule has 0 aromatic carbocycles. The molecule has 0 aliphatic heterocycles. The molecule has 2 nitrogen and oxygen atoms in total. The van der Waals surface area contributed by atoms with Crippen LogP contribution in [0.3, 0.4) is 0 Å². The lowest BCUT2D eigenvalue weighted by Gasteiger charge is -2.07. The van der Waals surface area contributed by atoms with E-state index in [0.29, 0.717) is 0 Å². The highest BCUT2D eigenvalue weighted by Crippen LogP contribution is 2.09. The van der Waals surface area contributed by atoms with Crippen molar-refractivity contribution in [1.82, 2.24) is 0 Å². The molecule has 0 saturated heterocycles. The lowest BCUT2D eigenvalue weighted by atomic mass is 10.1. The van der Waals surface area contributed by atoms with Gasteiger partial charge in [0.25, 0.3) is 0 Å². The molecule has 102 valence electrons. The van der Waals surface area contributed by atoms with Crippen LogP contribution in [0.1, 0.15) is 64.7 Å². The van der Waals surface area contributed by atoms with E-state index in [1.54, 1.807) is 14.2 Å². The maximum absolute atomic E-state index is 5.07. The first kappa shape index (κ1) is 16.7. The molecule has 0 aliphatic carbocycles. The van der Waals surface area contributed by atoms with Gasteiger partial charge in [0.1, 0.15) is 0 Å². The molecule has 0 atom stereocenters. The van der Waals surface area contributed by atoms with Gasteiger partial charge in [-0.05, 0) is 18.9 Å². The summed E-state index contributed by atoms with van der Waals surface area (Å²) < 4.78 is 10.1. The largest absolute Gasteiger partial charge is 0.352 e. The Labute approximate surface area is 107 Å². The molecule has 0 aromatic heterocycles. The van der Waals surface area contributed by atoms with E-state index in [1.165, 1.54) is 51.4 Å². The molecular weight excluding hydrogens is 212 g/mol. The second-order valence-electron chi connectivity index (χ2n) is 4.53. The van der Waals surface area contributed by atoms with Crippen LogP contribution in [0.4, 0.5) is 0 Å². The van der Waals surface area contributed by atoms with E-state index in [9.17, 15) is 0 Å². The predicted octanol–water partition coefficient (Wildman–Crippen LogP) is 4.69. The zero-order chi connectivity index (χ0) is 12.8. The van der Waals surface area contributed by atoms with E-state index < -0.39 is 0 Å². The molecular formula is C15H30O2. The number of ether oxygens (including phenoxy) is 2. The monoisotopic (exact) mass is 242 g/mol. The van der Waals surface area contributed by atoms with E-state index >= 15 is 0 Å². The molecule has 2 heteroatoms. The molecule has 0 bridgehead atoms. The number of unbranched alkanes of at least 4 members (excludes halogenated alkanes) is 8. The van der Waals surface area contributed by atoms with Gasteiger partial charge in [-0.15, -0.1) is 0 Å². The van der Waals surface area contributed by atoms with Gasteiger partial charge in [0, 0.05) is 14.2 Å². The molecule has 0 fully saturated rings. The summed E-state index contributed by atoms with van der Waals surface area (Å²) in [6.45, 7) is 2.26. The number of hydrogen-bond donors (Lipinski definition) is 0. The van der Waals surface area contributed by atoms with E-state index in [4.69, 9.17) is 9.47 Å². The van der Waals surface area contributed by atoms with Gasteiger partial charge in [-0.25, -0.2) is 0 Å². The lowest BCUT2D eigenvalue weighted by molar-refractivity contribution is -0.0667. The van der Waals surface area contributed by atoms with Gasteiger partial charge in [-0.2, -0.15) is 0 Å². The van der Waals surface area contributed by atoms with Gasteiger partial charge in [0.05, 0.1) is 0 Å². The van der Waals surface area contributed by atoms with Crippen molar-refractivity contribution in [3.05, 3.63) is 12.2 Å². The van der Waals surface area contributed by atoms with Crippen molar-refractivity contribution in [2.75, 3.05) is 14.2 Å². The molecule has 0 rings (SSSR count). The Kier molecular flexibility index (Phi) is 13.4. The summed E-state index contributed by atoms with van der Waals surface area (Å²) in [6.07, 6.45) is 16.1. The van der Waals surface area contributed by atoms with Crippen LogP contribution in [-0.2, 0) is 9.47 Å². The average Bonchev–Trinajstić information content (AvgIpc) is 2.36. The highest BCUT2D eigenvalue weighted by molar-refractivity contribution is 4.84. The summed E-state index contributed by atoms with van der Waals surface area (Å²) in [6, 6.07) is 0. The van der Waals surface area contributed by atoms with Crippen LogP contribution in [0.2, 0.25) is 0 Å². The van der Waals surface area contributed by atoms with E-state index in [0.717, 1.165) is 6.42 Å². The molecule has 0 aliphatic rings. The van der Waals surface area contributed by atoms with Gasteiger partial charge in [0.15, 0.2) is 6.29 Å². The smallest absolute Gasteiger partial charge is 0.176 e. The van der Waals surface area contributed by atoms with Gasteiger partial charge < -0.3 is 9.47 Å². The minimum absolute atomic E-state index is 0.177. The second kappa shape index (κ2) is 13.7. The third kappa shape index (κ3) is 11.9. The number of allylic oxidation sites excluding steroid dienone is 1. The molecule has 0 heterocycles. The average molecular weight is 242 g/mol. The fraction of sp³-hybridized carbons (Fsp3) is 0.867. The highest BCUT2D eigenvalue weighted by Gasteiger charge is 1.96. The number of methoxy groups -OCH3 is 2. The molecule has 0 unspecified atom stereocenters. The highest BCUT2D eigenvalue weighted by atomic mass is 16.7. The minimum atomic E-state index is -0.177. The summed E-state index contributed by atoms with van der Waals surface area (Å²) in [7, 11) is 3.32. The standard InChI is InChI=1S/C15H30O2/c1-4-5-6-7-8-9-10-11-12-13-14-15(16-2)17-3/h13-15H,4-12H2,1-3H3. The third-order valence-corrected chi connectivity index (χ3v) is 2.98. The van der Waals surface area contributed by atoms with Crippen molar-refractivity contribution in [2.24, 2.45) is 0 Å². The van der Waals surface area contributed by atoms with Crippen LogP contribution in [0.25, 0.3) is 0 Å². The SMILES string of the molecule is CCCCCCCCCCC=CC(OC)OC. The lowest BCUT2D eigenvalue weighted by Crippen LogP contribution is -2.08. The van der Waals surface area contributed by atoms with Crippen LogP contribution in [0.15, 0.2) is 12.2 Å². The van der Waals surface area contributed by atoms with Crippen LogP contribution in [-0.4, -0.2) is 20.5 Å². The van der Waals surface area contributed by atoms with Crippen molar-refractivity contribution in [3.8, 4) is 0 Å². The summed E-state index contributed by atoms with van der Waals surface area (Å²) in [5.41, 5.74) is 0. The van der Waals surface area contributed by atoms with Crippen molar-refractivity contribution in [3.63, 3.8) is 0 Å². The first-order chi connectivity index (χ1) is 8.35. The van der Waals surface area contributed by atoms with E-state index in [2.05, 4.69) is 13.0 Å². The van der Waals surface area contributed by atoms with Crippen LogP contribution < -0.4 is 0 Å². The molecule has 0 amide bonds. The van der Waals surface area contributed by atoms with Crippen molar-refractivity contribution < 1.29 is 9.47 Å². The summed E-state index contributed by atoms with van der Waals surface area (Å²) in [5, 5.41) is 0. The Bertz CT molecular complexity index is 162. The van der Waals surface area contributed by atoms with Crippen molar-refractivity contribution >= 4 is 0 Å². The third-order valence-electron chi connectivity index (χ3n) is 2.98. The first-order valence-electron chi connectivity index (χ1n) is 7.07. The predicted molar refractivity (Wildman–Crippen MR) is 74.2 cm³/mol. The maximum Gasteiger partial charge on any atom is 0.176 e. The van der Waals surface area contributed by atoms with Gasteiger partial charge in [0.2, 0.25) is 0 Å². The Morgan fingerprint density at radius 2 is 1.35 bits per heavy atom. The van der Waals surface area contributed by atoms with Crippen molar-refractivity contribution in [1.29, 1.82) is 0 Å². The second-order valence-corrected chi connectivity index (χ2v) is 4.53. The topological polar surface area (TPSA) is 18.5 Å². The fourth-order valence-electron chi connectivity index (χ4n) is 1.86.